The van der Waals surface area contributed by atoms with Crippen LogP contribution in [0.15, 0.2) is 48.5 Å². The Kier molecular flexibility index (Phi) is 23.1. The molecule has 2 aromatic carbocycles. The van der Waals surface area contributed by atoms with Gasteiger partial charge in [-0.3, -0.25) is 18.9 Å². The first-order valence-electron chi connectivity index (χ1n) is 22.7. The Morgan fingerprint density at radius 2 is 1.02 bits per heavy atom. The first kappa shape index (κ1) is 59.4. The maximum absolute atomic E-state index is 15.4. The molecule has 1 atom stereocenters. The summed E-state index contributed by atoms with van der Waals surface area (Å²) in [4.78, 5) is 15.4. The van der Waals surface area contributed by atoms with E-state index in [1.165, 1.54) is 0 Å². The van der Waals surface area contributed by atoms with Crippen LogP contribution >= 0.6 is 15.2 Å². The fraction of sp³-hybridized carbons (Fsp3) is 0.745. The number of para-hydroxylation sites is 2. The van der Waals surface area contributed by atoms with Crippen molar-refractivity contribution in [3.8, 4) is 11.5 Å². The number of hydrogen-bond acceptors (Lipinski definition) is 15. The quantitative estimate of drug-likeness (QED) is 0.0199. The van der Waals surface area contributed by atoms with E-state index in [-0.39, 0.29) is 57.4 Å². The number of ether oxygens (including phenoxy) is 4. The summed E-state index contributed by atoms with van der Waals surface area (Å²) in [5, 5.41) is -0.148. The van der Waals surface area contributed by atoms with Gasteiger partial charge in [-0.2, -0.15) is 0 Å². The second kappa shape index (κ2) is 25.2. The first-order chi connectivity index (χ1) is 29.7. The van der Waals surface area contributed by atoms with Crippen molar-refractivity contribution in [2.45, 2.75) is 177 Å². The topological polar surface area (TPSA) is 142 Å². The summed E-state index contributed by atoms with van der Waals surface area (Å²) < 4.78 is 85.4. The third-order valence-electron chi connectivity index (χ3n) is 9.50. The lowest BCUT2D eigenvalue weighted by atomic mass is 10.1. The zero-order valence-corrected chi connectivity index (χ0v) is 46.2. The van der Waals surface area contributed by atoms with Gasteiger partial charge in [0.2, 0.25) is 0 Å². The molecule has 0 saturated carbocycles. The van der Waals surface area contributed by atoms with Crippen LogP contribution in [0.3, 0.4) is 0 Å². The van der Waals surface area contributed by atoms with Gasteiger partial charge in [-0.1, -0.05) is 57.2 Å². The lowest BCUT2D eigenvalue weighted by Crippen LogP contribution is -2.51. The lowest BCUT2D eigenvalue weighted by Gasteiger charge is -2.42. The van der Waals surface area contributed by atoms with Crippen molar-refractivity contribution >= 4 is 23.5 Å². The van der Waals surface area contributed by atoms with Gasteiger partial charge in [0, 0.05) is 50.0 Å². The van der Waals surface area contributed by atoms with Crippen LogP contribution < -0.4 is 9.47 Å². The molecule has 0 aromatic heterocycles. The molecule has 0 heterocycles. The van der Waals surface area contributed by atoms with Crippen molar-refractivity contribution in [1.29, 1.82) is 0 Å². The van der Waals surface area contributed by atoms with Gasteiger partial charge in [0.1, 0.15) is 24.1 Å². The van der Waals surface area contributed by atoms with E-state index in [0.29, 0.717) is 24.7 Å². The van der Waals surface area contributed by atoms with Gasteiger partial charge >= 0.3 is 15.2 Å². The van der Waals surface area contributed by atoms with Gasteiger partial charge in [0.25, 0.3) is 0 Å². The van der Waals surface area contributed by atoms with Crippen molar-refractivity contribution in [3.05, 3.63) is 59.7 Å². The fourth-order valence-corrected chi connectivity index (χ4v) is 10.9. The molecule has 0 fully saturated rings. The summed E-state index contributed by atoms with van der Waals surface area (Å²) in [5.74, 6) is 1.17. The molecule has 18 heteroatoms. The highest BCUT2D eigenvalue weighted by atomic mass is 31.2. The summed E-state index contributed by atoms with van der Waals surface area (Å²) in [6.07, 6.45) is -0.439. The van der Waals surface area contributed by atoms with Crippen molar-refractivity contribution < 1.29 is 60.7 Å². The van der Waals surface area contributed by atoms with Gasteiger partial charge in [0.05, 0.1) is 29.0 Å². The molecule has 2 rings (SSSR count). The predicted molar refractivity (Wildman–Crippen MR) is 260 cm³/mol. The van der Waals surface area contributed by atoms with Gasteiger partial charge < -0.3 is 32.4 Å². The van der Waals surface area contributed by atoms with Crippen molar-refractivity contribution in [1.82, 2.24) is 9.80 Å². The first-order valence-corrected chi connectivity index (χ1v) is 29.1. The van der Waals surface area contributed by atoms with Gasteiger partial charge in [-0.25, -0.2) is 9.78 Å². The molecule has 0 amide bonds. The number of benzene rings is 2. The molecule has 15 nitrogen and oxygen atoms in total. The minimum atomic E-state index is -4.27. The molecular weight excluding hydrogens is 891 g/mol. The molecule has 1 unspecified atom stereocenters. The van der Waals surface area contributed by atoms with Crippen molar-refractivity contribution in [2.75, 3.05) is 52.5 Å². The average Bonchev–Trinajstić information content (AvgIpc) is 3.13. The zero-order chi connectivity index (χ0) is 49.5. The van der Waals surface area contributed by atoms with Crippen molar-refractivity contribution in [2.24, 2.45) is 0 Å². The summed E-state index contributed by atoms with van der Waals surface area (Å²) in [5.41, 5.74) is -1.79. The van der Waals surface area contributed by atoms with E-state index in [0.717, 1.165) is 11.1 Å². The van der Waals surface area contributed by atoms with E-state index in [2.05, 4.69) is 38.8 Å². The normalized spacial score (nSPS) is 14.4. The molecule has 0 bridgehead atoms. The Morgan fingerprint density at radius 3 is 1.42 bits per heavy atom. The maximum Gasteiger partial charge on any atom is 0.398 e. The molecule has 0 spiro atoms. The smallest absolute Gasteiger partial charge is 0.398 e. The molecule has 0 N–H and O–H groups in total. The highest BCUT2D eigenvalue weighted by Crippen LogP contribution is 2.56. The lowest BCUT2D eigenvalue weighted by molar-refractivity contribution is -0.327. The Hall–Kier alpha value is -1.72. The second-order valence-corrected chi connectivity index (χ2v) is 30.1. The molecule has 2 aromatic rings. The third-order valence-corrected chi connectivity index (χ3v) is 17.7. The van der Waals surface area contributed by atoms with E-state index >= 15 is 9.13 Å². The van der Waals surface area contributed by atoms with E-state index in [9.17, 15) is 0 Å². The molecule has 0 saturated heterocycles. The summed E-state index contributed by atoms with van der Waals surface area (Å²) in [6.45, 7) is 38.4. The van der Waals surface area contributed by atoms with E-state index in [1.807, 2.05) is 109 Å². The van der Waals surface area contributed by atoms with E-state index in [1.54, 1.807) is 41.5 Å². The third kappa shape index (κ3) is 23.9. The number of rotatable bonds is 28. The van der Waals surface area contributed by atoms with Gasteiger partial charge in [0.15, 0.2) is 21.9 Å². The molecule has 0 aliphatic rings. The standard InChI is InChI=1S/C47H86N2O13P2Si/c1-20-52-36-54-41-28-24-22-26-38(41)30-48(34-64(51,61-57-43(3,4)5)62-58-44(6,7)8)32-40(33-56-65(18,19)47(15,16)17)49(31-39-27-23-25-29-42(39)55-37-53-21-2)35-63(50,59-45(9,10)11)60-46(12,13)14/h22-29,40H,20-21,30-37H2,1-19H3. The van der Waals surface area contributed by atoms with E-state index in [4.69, 9.17) is 51.5 Å². The Bertz CT molecular complexity index is 1760. The zero-order valence-electron chi connectivity index (χ0n) is 43.4. The molecule has 65 heavy (non-hydrogen) atoms. The van der Waals surface area contributed by atoms with Crippen LogP contribution in [-0.2, 0) is 64.3 Å². The Labute approximate surface area is 393 Å². The minimum Gasteiger partial charge on any atom is -0.467 e. The SMILES string of the molecule is CCOCOc1ccccc1CN(CC(CO[Si](C)(C)C(C)(C)C)N(Cc1ccccc1OCOCC)CP(=O)(OC(C)(C)C)OC(C)(C)C)CP(=O)(OOC(C)(C)C)OOC(C)(C)C. The van der Waals surface area contributed by atoms with Gasteiger partial charge in [-0.05, 0) is 127 Å². The molecule has 376 valence electrons. The summed E-state index contributed by atoms with van der Waals surface area (Å²) >= 11 is 0. The van der Waals surface area contributed by atoms with Crippen molar-refractivity contribution in [3.63, 3.8) is 0 Å². The van der Waals surface area contributed by atoms with E-state index < -0.39 is 52.0 Å². The molecular formula is C47H86N2O13P2Si. The number of nitrogens with zero attached hydrogens (tertiary/aromatic N) is 2. The molecule has 0 radical (unpaired) electrons. The van der Waals surface area contributed by atoms with Gasteiger partial charge in [-0.15, -0.1) is 9.35 Å². The molecule has 0 aliphatic carbocycles. The monoisotopic (exact) mass is 977 g/mol. The summed E-state index contributed by atoms with van der Waals surface area (Å²) in [7, 11) is -10.7. The molecule has 0 aliphatic heterocycles. The van der Waals surface area contributed by atoms with Crippen LogP contribution in [0.2, 0.25) is 18.1 Å². The van der Waals surface area contributed by atoms with Crippen LogP contribution in [0, 0.1) is 0 Å². The second-order valence-electron chi connectivity index (χ2n) is 21.7. The Balaban J connectivity index is 3.02. The maximum atomic E-state index is 15.4. The predicted octanol–water partition coefficient (Wildman–Crippen LogP) is 12.6. The fourth-order valence-electron chi connectivity index (χ4n) is 5.72. The number of hydrogen-bond donors (Lipinski definition) is 0. The average molecular weight is 977 g/mol. The van der Waals surface area contributed by atoms with Crippen LogP contribution in [0.4, 0.5) is 0 Å². The van der Waals surface area contributed by atoms with Crippen LogP contribution in [0.1, 0.15) is 129 Å². The highest BCUT2D eigenvalue weighted by molar-refractivity contribution is 7.54. The summed E-state index contributed by atoms with van der Waals surface area (Å²) in [6, 6.07) is 14.7. The van der Waals surface area contributed by atoms with Crippen LogP contribution in [-0.4, -0.2) is 99.1 Å². The largest absolute Gasteiger partial charge is 0.467 e. The van der Waals surface area contributed by atoms with Crippen LogP contribution in [0.5, 0.6) is 11.5 Å². The van der Waals surface area contributed by atoms with Crippen LogP contribution in [0.25, 0.3) is 0 Å². The highest BCUT2D eigenvalue weighted by Gasteiger charge is 2.43. The Morgan fingerprint density at radius 1 is 0.585 bits per heavy atom. The minimum absolute atomic E-state index is 0.0371.